The molecule has 0 saturated carbocycles. The minimum atomic E-state index is -0.624. The van der Waals surface area contributed by atoms with Gasteiger partial charge in [0.15, 0.2) is 0 Å². The van der Waals surface area contributed by atoms with E-state index in [1.54, 1.807) is 0 Å². The summed E-state index contributed by atoms with van der Waals surface area (Å²) in [5.41, 5.74) is 31.4. The number of benzene rings is 21. The summed E-state index contributed by atoms with van der Waals surface area (Å²) in [4.78, 5) is 0. The molecule has 23 rings (SSSR count). The van der Waals surface area contributed by atoms with Gasteiger partial charge in [-0.2, -0.15) is 0 Å². The van der Waals surface area contributed by atoms with E-state index in [-0.39, 0.29) is 0 Å². The van der Waals surface area contributed by atoms with Gasteiger partial charge in [-0.1, -0.05) is 413 Å². The number of hydrogen-bond acceptors (Lipinski definition) is 0. The van der Waals surface area contributed by atoms with Crippen molar-refractivity contribution in [3.8, 4) is 100 Å². The summed E-state index contributed by atoms with van der Waals surface area (Å²) < 4.78 is 0. The van der Waals surface area contributed by atoms with Gasteiger partial charge < -0.3 is 0 Å². The highest BCUT2D eigenvalue weighted by atomic mass is 14.5. The Labute approximate surface area is 676 Å². The SMILES string of the molecule is c1ccc(-c2ccc(-c3ccc4c(c3)C(c3ccccc3)(c3ccc(-c5ccccc5)cc3)c3cc(-c5ccc(-c6ccccc6)cc5)c5ccccc5c3-4)cc2)cc1.c1ccc2cc(-c3ccc4c(c3)C(c3ccc5ccccc5c3)(c3ccc5ccccc5c3)c3cc(-c5ccc6ccccc6c5)c5ccccc5c3-4)ccc2c1. The molecule has 0 fully saturated rings. The summed E-state index contributed by atoms with van der Waals surface area (Å²) in [5.74, 6) is 0. The van der Waals surface area contributed by atoms with Gasteiger partial charge in [-0.3, -0.25) is 0 Å². The highest BCUT2D eigenvalue weighted by Crippen LogP contribution is 2.62. The van der Waals surface area contributed by atoms with Gasteiger partial charge in [0, 0.05) is 0 Å². The van der Waals surface area contributed by atoms with Crippen LogP contribution in [0.5, 0.6) is 0 Å². The van der Waals surface area contributed by atoms with E-state index in [0.29, 0.717) is 0 Å². The van der Waals surface area contributed by atoms with Crippen molar-refractivity contribution < 1.29 is 0 Å². The Kier molecular flexibility index (Phi) is 16.5. The zero-order chi connectivity index (χ0) is 76.7. The minimum Gasteiger partial charge on any atom is -0.0622 e. The van der Waals surface area contributed by atoms with Crippen LogP contribution < -0.4 is 0 Å². The molecule has 0 saturated heterocycles. The topological polar surface area (TPSA) is 0 Å². The molecule has 0 aliphatic heterocycles. The van der Waals surface area contributed by atoms with Crippen LogP contribution in [0, 0.1) is 0 Å². The van der Waals surface area contributed by atoms with Gasteiger partial charge in [-0.15, -0.1) is 0 Å². The lowest BCUT2D eigenvalue weighted by Gasteiger charge is -2.35. The van der Waals surface area contributed by atoms with E-state index >= 15 is 0 Å². The first-order chi connectivity index (χ1) is 57.5. The van der Waals surface area contributed by atoms with E-state index in [2.05, 4.69) is 461 Å². The lowest BCUT2D eigenvalue weighted by molar-refractivity contribution is 0.770. The molecule has 21 aromatic rings. The Balaban J connectivity index is 0.000000141. The first-order valence-electron chi connectivity index (χ1n) is 40.4. The van der Waals surface area contributed by atoms with E-state index in [9.17, 15) is 0 Å². The van der Waals surface area contributed by atoms with E-state index in [4.69, 9.17) is 0 Å². The Morgan fingerprint density at radius 2 is 0.379 bits per heavy atom. The summed E-state index contributed by atoms with van der Waals surface area (Å²) in [7, 11) is 0. The molecule has 540 valence electrons. The predicted octanol–water partition coefficient (Wildman–Crippen LogP) is 30.7. The maximum Gasteiger partial charge on any atom is 0.0714 e. The monoisotopic (exact) mass is 1470 g/mol. The Morgan fingerprint density at radius 3 is 0.819 bits per heavy atom. The van der Waals surface area contributed by atoms with Crippen molar-refractivity contribution in [3.05, 3.63) is 506 Å². The van der Waals surface area contributed by atoms with Crippen molar-refractivity contribution in [1.82, 2.24) is 0 Å². The first kappa shape index (κ1) is 68.0. The van der Waals surface area contributed by atoms with Crippen LogP contribution in [0.3, 0.4) is 0 Å². The molecule has 0 heteroatoms. The van der Waals surface area contributed by atoms with Crippen LogP contribution in [0.1, 0.15) is 44.5 Å². The zero-order valence-corrected chi connectivity index (χ0v) is 63.9. The largest absolute Gasteiger partial charge is 0.0714 e. The second-order valence-corrected chi connectivity index (χ2v) is 31.2. The molecule has 0 bridgehead atoms. The number of rotatable bonds is 11. The molecule has 1 atom stereocenters. The van der Waals surface area contributed by atoms with Crippen molar-refractivity contribution in [1.29, 1.82) is 0 Å². The summed E-state index contributed by atoms with van der Waals surface area (Å²) in [6.07, 6.45) is 0. The fourth-order valence-electron chi connectivity index (χ4n) is 19.5. The molecule has 2 aliphatic rings. The van der Waals surface area contributed by atoms with Crippen molar-refractivity contribution in [3.63, 3.8) is 0 Å². The average Bonchev–Trinajstić information content (AvgIpc) is 1.52. The first-order valence-corrected chi connectivity index (χ1v) is 40.4. The number of fused-ring (bicyclic) bond motifs is 14. The second kappa shape index (κ2) is 28.1. The molecule has 0 nitrogen and oxygen atoms in total. The van der Waals surface area contributed by atoms with Gasteiger partial charge >= 0.3 is 0 Å². The normalized spacial score (nSPS) is 13.6. The number of hydrogen-bond donors (Lipinski definition) is 0. The highest BCUT2D eigenvalue weighted by molar-refractivity contribution is 6.13. The molecule has 0 aromatic heterocycles. The van der Waals surface area contributed by atoms with Crippen LogP contribution in [-0.2, 0) is 10.8 Å². The van der Waals surface area contributed by atoms with Gasteiger partial charge in [-0.25, -0.2) is 0 Å². The lowest BCUT2D eigenvalue weighted by Crippen LogP contribution is -2.28. The minimum absolute atomic E-state index is 0.593. The molecular formula is C116H76. The van der Waals surface area contributed by atoms with Crippen LogP contribution in [0.15, 0.2) is 461 Å². The fourth-order valence-corrected chi connectivity index (χ4v) is 19.5. The second-order valence-electron chi connectivity index (χ2n) is 31.2. The molecule has 0 spiro atoms. The standard InChI is InChI=1S/C59H40.C57H36/c1-5-15-41(16-6-1)44-25-27-47(28-26-44)49-35-38-54-56(39-49)59(50-21-11-4-12-22-50,51-36-33-46(34-37-51)43-19-9-3-10-20-43)57-40-55(52-23-13-14-24-53(52)58(54)57)48-31-29-45(30-32-48)42-17-7-2-8-18-42;1-5-15-41-31-45(23-21-37(41)11-1)46-27-30-52-54(35-46)57(48-28-25-39-13-3-7-17-43(39)33-48,49-29-26-40-14-4-8-18-44(40)34-49)55-36-53(50-19-9-10-20-51(50)56(52)55)47-24-22-38-12-2-6-16-42(38)32-47/h1-40H;1-36H. The van der Waals surface area contributed by atoms with Crippen molar-refractivity contribution in [2.45, 2.75) is 10.8 Å². The smallest absolute Gasteiger partial charge is 0.0622 e. The third kappa shape index (κ3) is 11.3. The summed E-state index contributed by atoms with van der Waals surface area (Å²) in [6, 6.07) is 171. The summed E-state index contributed by atoms with van der Waals surface area (Å²) in [6.45, 7) is 0. The predicted molar refractivity (Wildman–Crippen MR) is 491 cm³/mol. The van der Waals surface area contributed by atoms with Crippen molar-refractivity contribution >= 4 is 64.6 Å². The Hall–Kier alpha value is -14.8. The van der Waals surface area contributed by atoms with Crippen LogP contribution in [0.4, 0.5) is 0 Å². The Morgan fingerprint density at radius 1 is 0.121 bits per heavy atom. The third-order valence-electron chi connectivity index (χ3n) is 25.1. The summed E-state index contributed by atoms with van der Waals surface area (Å²) >= 11 is 0. The van der Waals surface area contributed by atoms with Crippen LogP contribution in [0.2, 0.25) is 0 Å². The highest BCUT2D eigenvalue weighted by Gasteiger charge is 2.49. The van der Waals surface area contributed by atoms with Crippen molar-refractivity contribution in [2.75, 3.05) is 0 Å². The molecule has 1 unspecified atom stereocenters. The molecule has 0 amide bonds. The lowest BCUT2D eigenvalue weighted by atomic mass is 9.66. The van der Waals surface area contributed by atoms with Gasteiger partial charge in [0.1, 0.15) is 0 Å². The fraction of sp³-hybridized carbons (Fsp3) is 0.0172. The van der Waals surface area contributed by atoms with Gasteiger partial charge in [0.05, 0.1) is 10.8 Å². The van der Waals surface area contributed by atoms with E-state index < -0.39 is 10.8 Å². The van der Waals surface area contributed by atoms with Crippen LogP contribution in [0.25, 0.3) is 165 Å². The van der Waals surface area contributed by atoms with Gasteiger partial charge in [0.2, 0.25) is 0 Å². The third-order valence-corrected chi connectivity index (χ3v) is 25.1. The van der Waals surface area contributed by atoms with Gasteiger partial charge in [-0.05, 0) is 258 Å². The maximum atomic E-state index is 2.54. The van der Waals surface area contributed by atoms with Gasteiger partial charge in [0.25, 0.3) is 0 Å². The Bertz CT molecular complexity index is 7300. The molecule has 21 aromatic carbocycles. The van der Waals surface area contributed by atoms with E-state index in [0.717, 1.165) is 0 Å². The van der Waals surface area contributed by atoms with E-state index in [1.807, 2.05) is 0 Å². The maximum absolute atomic E-state index is 2.54. The molecular weight excluding hydrogens is 1390 g/mol. The van der Waals surface area contributed by atoms with Crippen LogP contribution in [-0.4, -0.2) is 0 Å². The van der Waals surface area contributed by atoms with Crippen molar-refractivity contribution in [2.24, 2.45) is 0 Å². The summed E-state index contributed by atoms with van der Waals surface area (Å²) in [5, 5.41) is 15.1. The quantitative estimate of drug-likeness (QED) is 0.121. The van der Waals surface area contributed by atoms with E-state index in [1.165, 1.54) is 209 Å². The molecule has 2 aliphatic carbocycles. The zero-order valence-electron chi connectivity index (χ0n) is 63.9. The molecule has 0 heterocycles. The van der Waals surface area contributed by atoms with Crippen LogP contribution >= 0.6 is 0 Å². The average molecular weight is 1470 g/mol. The molecule has 0 N–H and O–H groups in total. The molecule has 116 heavy (non-hydrogen) atoms. The molecule has 0 radical (unpaired) electrons.